The van der Waals surface area contributed by atoms with Gasteiger partial charge < -0.3 is 19.4 Å². The zero-order valence-electron chi connectivity index (χ0n) is 8.57. The molecule has 1 heterocycles. The minimum Gasteiger partial charge on any atom is -0.504 e. The molecule has 4 nitrogen and oxygen atoms in total. The summed E-state index contributed by atoms with van der Waals surface area (Å²) in [6.07, 6.45) is 0. The molecule has 2 rings (SSSR count). The number of benzene rings is 1. The second kappa shape index (κ2) is 3.47. The summed E-state index contributed by atoms with van der Waals surface area (Å²) in [5.74, 6) is 1.06. The van der Waals surface area contributed by atoms with Crippen molar-refractivity contribution in [3.8, 4) is 11.5 Å². The van der Waals surface area contributed by atoms with Gasteiger partial charge in [0.1, 0.15) is 11.3 Å². The Kier molecular flexibility index (Phi) is 2.28. The van der Waals surface area contributed by atoms with Crippen molar-refractivity contribution >= 4 is 11.0 Å². The van der Waals surface area contributed by atoms with Crippen molar-refractivity contribution < 1.29 is 19.4 Å². The van der Waals surface area contributed by atoms with Crippen LogP contribution in [0.4, 0.5) is 0 Å². The Hall–Kier alpha value is -1.68. The molecule has 0 unspecified atom stereocenters. The van der Waals surface area contributed by atoms with Crippen molar-refractivity contribution in [2.75, 3.05) is 7.11 Å². The van der Waals surface area contributed by atoms with Crippen molar-refractivity contribution in [3.63, 3.8) is 0 Å². The van der Waals surface area contributed by atoms with Crippen LogP contribution in [0.3, 0.4) is 0 Å². The highest BCUT2D eigenvalue weighted by atomic mass is 16.5. The van der Waals surface area contributed by atoms with Gasteiger partial charge in [0.15, 0.2) is 11.5 Å². The largest absolute Gasteiger partial charge is 0.504 e. The van der Waals surface area contributed by atoms with E-state index < -0.39 is 0 Å². The van der Waals surface area contributed by atoms with Crippen molar-refractivity contribution in [2.45, 2.75) is 13.5 Å². The molecule has 80 valence electrons. The van der Waals surface area contributed by atoms with E-state index in [2.05, 4.69) is 0 Å². The van der Waals surface area contributed by atoms with E-state index in [9.17, 15) is 5.11 Å². The van der Waals surface area contributed by atoms with Crippen LogP contribution in [0.25, 0.3) is 11.0 Å². The first-order chi connectivity index (χ1) is 7.17. The number of phenols is 1. The summed E-state index contributed by atoms with van der Waals surface area (Å²) in [4.78, 5) is 0. The Bertz CT molecular complexity index is 499. The molecule has 0 amide bonds. The quantitative estimate of drug-likeness (QED) is 0.791. The Morgan fingerprint density at radius 1 is 1.40 bits per heavy atom. The van der Waals surface area contributed by atoms with Crippen LogP contribution >= 0.6 is 0 Å². The number of furan rings is 1. The van der Waals surface area contributed by atoms with Gasteiger partial charge in [-0.25, -0.2) is 0 Å². The zero-order chi connectivity index (χ0) is 11.0. The minimum absolute atomic E-state index is 0.0421. The molecule has 1 aromatic carbocycles. The summed E-state index contributed by atoms with van der Waals surface area (Å²) in [6.45, 7) is 1.67. The maximum atomic E-state index is 9.59. The van der Waals surface area contributed by atoms with E-state index in [4.69, 9.17) is 14.3 Å². The molecule has 15 heavy (non-hydrogen) atoms. The first-order valence-corrected chi connectivity index (χ1v) is 4.57. The molecule has 2 aromatic rings. The molecule has 1 aromatic heterocycles. The number of phenolic OH excluding ortho intramolecular Hbond substituents is 1. The molecule has 0 bridgehead atoms. The molecule has 0 saturated heterocycles. The van der Waals surface area contributed by atoms with E-state index in [1.54, 1.807) is 13.0 Å². The molecule has 4 heteroatoms. The molecule has 0 saturated carbocycles. The van der Waals surface area contributed by atoms with Gasteiger partial charge >= 0.3 is 0 Å². The van der Waals surface area contributed by atoms with Gasteiger partial charge in [-0.15, -0.1) is 0 Å². The normalized spacial score (nSPS) is 10.9. The summed E-state index contributed by atoms with van der Waals surface area (Å²) in [5.41, 5.74) is 1.30. The van der Waals surface area contributed by atoms with E-state index in [0.29, 0.717) is 28.0 Å². The predicted molar refractivity (Wildman–Crippen MR) is 55.1 cm³/mol. The molecule has 0 aliphatic heterocycles. The van der Waals surface area contributed by atoms with Crippen LogP contribution in [0.1, 0.15) is 11.3 Å². The highest BCUT2D eigenvalue weighted by Crippen LogP contribution is 2.35. The van der Waals surface area contributed by atoms with E-state index in [-0.39, 0.29) is 12.4 Å². The molecule has 0 spiro atoms. The Morgan fingerprint density at radius 3 is 2.73 bits per heavy atom. The number of ether oxygens (including phenoxy) is 1. The molecule has 2 N–H and O–H groups in total. The lowest BCUT2D eigenvalue weighted by atomic mass is 10.1. The summed E-state index contributed by atoms with van der Waals surface area (Å²) >= 11 is 0. The van der Waals surface area contributed by atoms with Crippen molar-refractivity contribution in [2.24, 2.45) is 0 Å². The minimum atomic E-state index is -0.107. The molecule has 0 aliphatic carbocycles. The lowest BCUT2D eigenvalue weighted by molar-refractivity contribution is 0.280. The Balaban J connectivity index is 2.75. The van der Waals surface area contributed by atoms with E-state index in [1.807, 2.05) is 0 Å². The number of fused-ring (bicyclic) bond motifs is 1. The van der Waals surface area contributed by atoms with Gasteiger partial charge in [0.2, 0.25) is 0 Å². The second-order valence-corrected chi connectivity index (χ2v) is 3.32. The molecule has 0 fully saturated rings. The van der Waals surface area contributed by atoms with Crippen LogP contribution < -0.4 is 4.74 Å². The van der Waals surface area contributed by atoms with Gasteiger partial charge in [-0.3, -0.25) is 0 Å². The van der Waals surface area contributed by atoms with Crippen molar-refractivity contribution in [1.82, 2.24) is 0 Å². The SMILES string of the molecule is COc1cc2oc(C)c(CO)c2cc1O. The van der Waals surface area contributed by atoms with Crippen LogP contribution in [0, 0.1) is 6.92 Å². The summed E-state index contributed by atoms with van der Waals surface area (Å²) in [5, 5.41) is 19.5. The van der Waals surface area contributed by atoms with E-state index in [0.717, 1.165) is 0 Å². The number of methoxy groups -OCH3 is 1. The van der Waals surface area contributed by atoms with E-state index >= 15 is 0 Å². The smallest absolute Gasteiger partial charge is 0.164 e. The van der Waals surface area contributed by atoms with E-state index in [1.165, 1.54) is 13.2 Å². The number of hydrogen-bond acceptors (Lipinski definition) is 4. The van der Waals surface area contributed by atoms with Gasteiger partial charge in [-0.05, 0) is 13.0 Å². The topological polar surface area (TPSA) is 62.8 Å². The third-order valence-electron chi connectivity index (χ3n) is 2.45. The lowest BCUT2D eigenvalue weighted by Crippen LogP contribution is -1.85. The van der Waals surface area contributed by atoms with Gasteiger partial charge in [0.05, 0.1) is 13.7 Å². The van der Waals surface area contributed by atoms with Crippen LogP contribution in [-0.4, -0.2) is 17.3 Å². The molecular formula is C11H12O4. The van der Waals surface area contributed by atoms with Crippen LogP contribution in [0.5, 0.6) is 11.5 Å². The predicted octanol–water partition coefficient (Wildman–Crippen LogP) is 1.95. The summed E-state index contributed by atoms with van der Waals surface area (Å²) in [7, 11) is 1.48. The van der Waals surface area contributed by atoms with Gasteiger partial charge in [-0.2, -0.15) is 0 Å². The zero-order valence-corrected chi connectivity index (χ0v) is 8.57. The lowest BCUT2D eigenvalue weighted by Gasteiger charge is -2.02. The van der Waals surface area contributed by atoms with Gasteiger partial charge in [0.25, 0.3) is 0 Å². The molecule has 0 aliphatic rings. The highest BCUT2D eigenvalue weighted by molar-refractivity contribution is 5.85. The maximum Gasteiger partial charge on any atom is 0.164 e. The number of aromatic hydroxyl groups is 1. The monoisotopic (exact) mass is 208 g/mol. The number of hydrogen-bond donors (Lipinski definition) is 2. The van der Waals surface area contributed by atoms with Gasteiger partial charge in [0, 0.05) is 17.0 Å². The summed E-state index contributed by atoms with van der Waals surface area (Å²) in [6, 6.07) is 3.15. The van der Waals surface area contributed by atoms with Crippen LogP contribution in [0.15, 0.2) is 16.5 Å². The molecule has 0 radical (unpaired) electrons. The van der Waals surface area contributed by atoms with Crippen LogP contribution in [-0.2, 0) is 6.61 Å². The molecule has 0 atom stereocenters. The Morgan fingerprint density at radius 2 is 2.13 bits per heavy atom. The number of rotatable bonds is 2. The fraction of sp³-hybridized carbons (Fsp3) is 0.273. The van der Waals surface area contributed by atoms with Crippen LogP contribution in [0.2, 0.25) is 0 Å². The number of aliphatic hydroxyl groups is 1. The maximum absolute atomic E-state index is 9.59. The average Bonchev–Trinajstić information content (AvgIpc) is 2.51. The fourth-order valence-corrected chi connectivity index (χ4v) is 1.65. The highest BCUT2D eigenvalue weighted by Gasteiger charge is 2.13. The third kappa shape index (κ3) is 1.43. The number of aryl methyl sites for hydroxylation is 1. The standard InChI is InChI=1S/C11H12O4/c1-6-8(5-12)7-3-9(13)11(14-2)4-10(7)15-6/h3-4,12-13H,5H2,1-2H3. The average molecular weight is 208 g/mol. The first kappa shape index (κ1) is 9.86. The summed E-state index contributed by atoms with van der Waals surface area (Å²) < 4.78 is 10.4. The number of aliphatic hydroxyl groups excluding tert-OH is 1. The third-order valence-corrected chi connectivity index (χ3v) is 2.45. The first-order valence-electron chi connectivity index (χ1n) is 4.57. The van der Waals surface area contributed by atoms with Crippen molar-refractivity contribution in [3.05, 3.63) is 23.5 Å². The van der Waals surface area contributed by atoms with Crippen molar-refractivity contribution in [1.29, 1.82) is 0 Å². The van der Waals surface area contributed by atoms with Gasteiger partial charge in [-0.1, -0.05) is 0 Å². The second-order valence-electron chi connectivity index (χ2n) is 3.32. The molecular weight excluding hydrogens is 196 g/mol. The fourth-order valence-electron chi connectivity index (χ4n) is 1.65. The Labute approximate surface area is 86.7 Å².